The molecule has 1 aromatic rings. The Bertz CT molecular complexity index is 383. The van der Waals surface area contributed by atoms with E-state index in [-0.39, 0.29) is 17.6 Å². The minimum absolute atomic E-state index is 0.0421. The zero-order chi connectivity index (χ0) is 12.3. The maximum atomic E-state index is 12.7. The van der Waals surface area contributed by atoms with E-state index in [1.165, 1.54) is 24.3 Å². The van der Waals surface area contributed by atoms with Crippen molar-refractivity contribution < 1.29 is 9.18 Å². The summed E-state index contributed by atoms with van der Waals surface area (Å²) in [5, 5.41) is 0. The molecule has 2 rings (SSSR count). The topological polar surface area (TPSA) is 46.3 Å². The lowest BCUT2D eigenvalue weighted by molar-refractivity contribution is 0.0910. The van der Waals surface area contributed by atoms with Gasteiger partial charge in [0.1, 0.15) is 5.82 Å². The Morgan fingerprint density at radius 1 is 1.29 bits per heavy atom. The normalized spacial score (nSPS) is 18.2. The summed E-state index contributed by atoms with van der Waals surface area (Å²) in [5.41, 5.74) is 6.37. The van der Waals surface area contributed by atoms with Gasteiger partial charge in [-0.2, -0.15) is 0 Å². The van der Waals surface area contributed by atoms with Crippen molar-refractivity contribution in [2.75, 3.05) is 19.6 Å². The van der Waals surface area contributed by atoms with Crippen molar-refractivity contribution in [3.05, 3.63) is 35.6 Å². The van der Waals surface area contributed by atoms with Gasteiger partial charge in [0.15, 0.2) is 5.78 Å². The molecule has 0 saturated carbocycles. The van der Waals surface area contributed by atoms with Crippen molar-refractivity contribution in [1.29, 1.82) is 0 Å². The predicted octanol–water partition coefficient (Wildman–Crippen LogP) is 1.43. The molecule has 1 saturated heterocycles. The Balaban J connectivity index is 1.91. The molecule has 17 heavy (non-hydrogen) atoms. The van der Waals surface area contributed by atoms with Crippen molar-refractivity contribution in [3.8, 4) is 0 Å². The quantitative estimate of drug-likeness (QED) is 0.808. The number of rotatable bonds is 3. The maximum Gasteiger partial charge on any atom is 0.176 e. The summed E-state index contributed by atoms with van der Waals surface area (Å²) in [6, 6.07) is 5.98. The van der Waals surface area contributed by atoms with Crippen molar-refractivity contribution >= 4 is 5.78 Å². The van der Waals surface area contributed by atoms with Gasteiger partial charge < -0.3 is 5.73 Å². The van der Waals surface area contributed by atoms with Crippen molar-refractivity contribution in [1.82, 2.24) is 4.90 Å². The molecule has 1 heterocycles. The summed E-state index contributed by atoms with van der Waals surface area (Å²) < 4.78 is 12.7. The van der Waals surface area contributed by atoms with Gasteiger partial charge in [-0.1, -0.05) is 0 Å². The zero-order valence-corrected chi connectivity index (χ0v) is 9.73. The molecule has 0 amide bonds. The molecular formula is C13H17FN2O. The molecule has 0 aromatic heterocycles. The number of carbonyl (C=O) groups excluding carboxylic acids is 1. The maximum absolute atomic E-state index is 12.7. The highest BCUT2D eigenvalue weighted by Gasteiger charge is 2.18. The Kier molecular flexibility index (Phi) is 3.86. The van der Waals surface area contributed by atoms with Gasteiger partial charge in [0.2, 0.25) is 0 Å². The summed E-state index contributed by atoms with van der Waals surface area (Å²) in [4.78, 5) is 14.0. The molecule has 1 aliphatic heterocycles. The monoisotopic (exact) mass is 236 g/mol. The van der Waals surface area contributed by atoms with Crippen molar-refractivity contribution in [2.24, 2.45) is 5.73 Å². The van der Waals surface area contributed by atoms with Crippen LogP contribution in [0.15, 0.2) is 24.3 Å². The molecule has 1 aliphatic rings. The summed E-state index contributed by atoms with van der Waals surface area (Å²) in [6.45, 7) is 2.14. The number of benzene rings is 1. The van der Waals surface area contributed by atoms with Crippen LogP contribution in [0.2, 0.25) is 0 Å². The molecule has 0 atom stereocenters. The lowest BCUT2D eigenvalue weighted by atomic mass is 10.0. The molecule has 92 valence electrons. The number of piperidine rings is 1. The highest BCUT2D eigenvalue weighted by molar-refractivity contribution is 5.97. The van der Waals surface area contributed by atoms with Crippen LogP contribution in [0, 0.1) is 5.82 Å². The third-order valence-corrected chi connectivity index (χ3v) is 3.17. The third-order valence-electron chi connectivity index (χ3n) is 3.17. The van der Waals surface area contributed by atoms with Gasteiger partial charge in [-0.15, -0.1) is 0 Å². The van der Waals surface area contributed by atoms with Gasteiger partial charge in [-0.3, -0.25) is 9.69 Å². The summed E-state index contributed by atoms with van der Waals surface area (Å²) in [6.07, 6.45) is 1.88. The average Bonchev–Trinajstić information content (AvgIpc) is 2.33. The van der Waals surface area contributed by atoms with E-state index in [1.807, 2.05) is 0 Å². The second kappa shape index (κ2) is 5.38. The number of halogens is 1. The number of Topliss-reactive ketones (excluding diaryl/α,β-unsaturated/α-hetero) is 1. The number of carbonyl (C=O) groups is 1. The van der Waals surface area contributed by atoms with Gasteiger partial charge in [0.05, 0.1) is 6.54 Å². The van der Waals surface area contributed by atoms with Crippen LogP contribution in [0.4, 0.5) is 4.39 Å². The third kappa shape index (κ3) is 3.35. The first-order valence-electron chi connectivity index (χ1n) is 5.92. The standard InChI is InChI=1S/C13H17FN2O/c14-11-3-1-10(2-4-11)13(17)9-16-7-5-12(15)6-8-16/h1-4,12H,5-9,15H2. The first kappa shape index (κ1) is 12.2. The fraction of sp³-hybridized carbons (Fsp3) is 0.462. The van der Waals surface area contributed by atoms with Crippen LogP contribution in [-0.2, 0) is 0 Å². The van der Waals surface area contributed by atoms with Crippen LogP contribution in [0.3, 0.4) is 0 Å². The zero-order valence-electron chi connectivity index (χ0n) is 9.73. The van der Waals surface area contributed by atoms with Gasteiger partial charge in [-0.25, -0.2) is 4.39 Å². The van der Waals surface area contributed by atoms with E-state index >= 15 is 0 Å². The van der Waals surface area contributed by atoms with Gasteiger partial charge in [0, 0.05) is 24.7 Å². The summed E-state index contributed by atoms with van der Waals surface area (Å²) >= 11 is 0. The molecule has 0 spiro atoms. The first-order chi connectivity index (χ1) is 8.15. The van der Waals surface area contributed by atoms with E-state index in [0.717, 1.165) is 25.9 Å². The first-order valence-corrected chi connectivity index (χ1v) is 5.92. The second-order valence-corrected chi connectivity index (χ2v) is 4.54. The van der Waals surface area contributed by atoms with E-state index in [2.05, 4.69) is 4.90 Å². The SMILES string of the molecule is NC1CCN(CC(=O)c2ccc(F)cc2)CC1. The van der Waals surface area contributed by atoms with Crippen molar-refractivity contribution in [3.63, 3.8) is 0 Å². The van der Waals surface area contributed by atoms with E-state index in [4.69, 9.17) is 5.73 Å². The molecule has 0 aliphatic carbocycles. The molecule has 0 radical (unpaired) electrons. The van der Waals surface area contributed by atoms with E-state index in [0.29, 0.717) is 12.1 Å². The number of likely N-dealkylation sites (tertiary alicyclic amines) is 1. The van der Waals surface area contributed by atoms with E-state index < -0.39 is 0 Å². The molecule has 0 bridgehead atoms. The molecule has 2 N–H and O–H groups in total. The van der Waals surface area contributed by atoms with Crippen LogP contribution in [-0.4, -0.2) is 36.4 Å². The molecule has 1 aromatic carbocycles. The molecule has 3 nitrogen and oxygen atoms in total. The Morgan fingerprint density at radius 3 is 2.47 bits per heavy atom. The highest BCUT2D eigenvalue weighted by Crippen LogP contribution is 2.10. The van der Waals surface area contributed by atoms with Gasteiger partial charge in [-0.05, 0) is 37.1 Å². The largest absolute Gasteiger partial charge is 0.328 e. The van der Waals surface area contributed by atoms with Crippen LogP contribution in [0.1, 0.15) is 23.2 Å². The Morgan fingerprint density at radius 2 is 1.88 bits per heavy atom. The minimum Gasteiger partial charge on any atom is -0.328 e. The number of nitrogens with two attached hydrogens (primary N) is 1. The average molecular weight is 236 g/mol. The van der Waals surface area contributed by atoms with Gasteiger partial charge in [0.25, 0.3) is 0 Å². The van der Waals surface area contributed by atoms with E-state index in [9.17, 15) is 9.18 Å². The second-order valence-electron chi connectivity index (χ2n) is 4.54. The smallest absolute Gasteiger partial charge is 0.176 e. The van der Waals surface area contributed by atoms with Crippen LogP contribution < -0.4 is 5.73 Å². The molecule has 4 heteroatoms. The number of ketones is 1. The van der Waals surface area contributed by atoms with Gasteiger partial charge >= 0.3 is 0 Å². The Labute approximate surface area is 100 Å². The van der Waals surface area contributed by atoms with Crippen LogP contribution >= 0.6 is 0 Å². The van der Waals surface area contributed by atoms with Crippen LogP contribution in [0.25, 0.3) is 0 Å². The summed E-state index contributed by atoms with van der Waals surface area (Å²) in [7, 11) is 0. The van der Waals surface area contributed by atoms with Crippen molar-refractivity contribution in [2.45, 2.75) is 18.9 Å². The number of nitrogens with zero attached hydrogens (tertiary/aromatic N) is 1. The predicted molar refractivity (Wildman–Crippen MR) is 64.4 cm³/mol. The lowest BCUT2D eigenvalue weighted by Crippen LogP contribution is -2.41. The van der Waals surface area contributed by atoms with Crippen LogP contribution in [0.5, 0.6) is 0 Å². The minimum atomic E-state index is -0.314. The van der Waals surface area contributed by atoms with E-state index in [1.54, 1.807) is 0 Å². The molecule has 0 unspecified atom stereocenters. The number of hydrogen-bond donors (Lipinski definition) is 1. The number of hydrogen-bond acceptors (Lipinski definition) is 3. The molecular weight excluding hydrogens is 219 g/mol. The summed E-state index contributed by atoms with van der Waals surface area (Å²) in [5.74, 6) is -0.272. The highest BCUT2D eigenvalue weighted by atomic mass is 19.1. The Hall–Kier alpha value is -1.26. The molecule has 1 fully saturated rings. The lowest BCUT2D eigenvalue weighted by Gasteiger charge is -2.29. The fourth-order valence-electron chi connectivity index (χ4n) is 2.04. The fourth-order valence-corrected chi connectivity index (χ4v) is 2.04.